The number of ether oxygens (including phenoxy) is 1. The number of nitrogens with zero attached hydrogens (tertiary/aromatic N) is 1. The van der Waals surface area contributed by atoms with E-state index in [4.69, 9.17) is 16.3 Å². The van der Waals surface area contributed by atoms with E-state index in [1.54, 1.807) is 18.1 Å². The number of Topliss-reactive ketones (excluding diaryl/α,β-unsaturated/α-hetero) is 2. The number of carbonyl (C=O) groups excluding carboxylic acids is 4. The predicted molar refractivity (Wildman–Crippen MR) is 135 cm³/mol. The second-order valence-electron chi connectivity index (χ2n) is 10.3. The molecule has 5 atom stereocenters. The maximum absolute atomic E-state index is 13.7. The molecule has 2 amide bonds. The standard InChI is InChI=1S/C27H32ClN3O5/c1-36-24-10-4-8-19-18(24)12-21(29-19)27(35)31-14-16-6-2-7-17(16)25(31)26(34)30-20(23(33)13-28)11-15-5-3-9-22(15)32/h4,8,10,12,15-17,20,25,29H,2-3,5-7,9,11,13-14H2,1H3,(H,30,34)/t15-,16-,17-,20-,25-/m0/s1. The van der Waals surface area contributed by atoms with Crippen molar-refractivity contribution in [1.29, 1.82) is 0 Å². The molecule has 0 spiro atoms. The smallest absolute Gasteiger partial charge is 0.271 e. The van der Waals surface area contributed by atoms with E-state index in [1.807, 2.05) is 18.2 Å². The number of aromatic amines is 1. The van der Waals surface area contributed by atoms with Gasteiger partial charge in [-0.15, -0.1) is 11.6 Å². The highest BCUT2D eigenvalue weighted by molar-refractivity contribution is 6.28. The Kier molecular flexibility index (Phi) is 7.06. The molecule has 9 heteroatoms. The molecule has 0 bridgehead atoms. The van der Waals surface area contributed by atoms with Crippen molar-refractivity contribution in [3.05, 3.63) is 30.0 Å². The molecule has 8 nitrogen and oxygen atoms in total. The molecule has 1 aromatic carbocycles. The minimum atomic E-state index is -0.822. The van der Waals surface area contributed by atoms with Crippen LogP contribution in [0.3, 0.4) is 0 Å². The summed E-state index contributed by atoms with van der Waals surface area (Å²) in [5.74, 6) is -0.235. The topological polar surface area (TPSA) is 109 Å². The number of alkyl halides is 1. The van der Waals surface area contributed by atoms with Crippen LogP contribution in [0.4, 0.5) is 0 Å². The molecule has 1 saturated heterocycles. The summed E-state index contributed by atoms with van der Waals surface area (Å²) in [6, 6.07) is 5.85. The molecule has 2 aromatic rings. The van der Waals surface area contributed by atoms with Crippen molar-refractivity contribution in [2.75, 3.05) is 19.5 Å². The zero-order valence-corrected chi connectivity index (χ0v) is 21.2. The zero-order chi connectivity index (χ0) is 25.4. The number of aromatic nitrogens is 1. The molecule has 0 radical (unpaired) electrons. The Hall–Kier alpha value is -2.87. The van der Waals surface area contributed by atoms with E-state index in [1.165, 1.54) is 0 Å². The number of hydrogen-bond acceptors (Lipinski definition) is 5. The van der Waals surface area contributed by atoms with Gasteiger partial charge in [-0.05, 0) is 62.1 Å². The lowest BCUT2D eigenvalue weighted by Crippen LogP contribution is -2.53. The lowest BCUT2D eigenvalue weighted by Gasteiger charge is -2.29. The van der Waals surface area contributed by atoms with E-state index in [9.17, 15) is 19.2 Å². The monoisotopic (exact) mass is 513 g/mol. The van der Waals surface area contributed by atoms with E-state index < -0.39 is 12.1 Å². The van der Waals surface area contributed by atoms with E-state index in [-0.39, 0.29) is 53.4 Å². The van der Waals surface area contributed by atoms with E-state index in [0.717, 1.165) is 43.0 Å². The molecule has 2 heterocycles. The summed E-state index contributed by atoms with van der Waals surface area (Å²) >= 11 is 5.86. The van der Waals surface area contributed by atoms with Crippen molar-refractivity contribution in [2.45, 2.75) is 57.0 Å². The lowest BCUT2D eigenvalue weighted by atomic mass is 9.92. The van der Waals surface area contributed by atoms with E-state index in [0.29, 0.717) is 24.4 Å². The van der Waals surface area contributed by atoms with E-state index >= 15 is 0 Å². The molecule has 0 unspecified atom stereocenters. The fraction of sp³-hybridized carbons (Fsp3) is 0.556. The van der Waals surface area contributed by atoms with Gasteiger partial charge in [-0.3, -0.25) is 19.2 Å². The normalized spacial score (nSPS) is 26.3. The van der Waals surface area contributed by atoms with Crippen LogP contribution in [0.25, 0.3) is 10.9 Å². The number of nitrogens with one attached hydrogen (secondary N) is 2. The summed E-state index contributed by atoms with van der Waals surface area (Å²) in [7, 11) is 1.59. The molecule has 192 valence electrons. The molecule has 36 heavy (non-hydrogen) atoms. The predicted octanol–water partition coefficient (Wildman–Crippen LogP) is 3.47. The van der Waals surface area contributed by atoms with Crippen molar-refractivity contribution < 1.29 is 23.9 Å². The molecule has 2 saturated carbocycles. The second-order valence-corrected chi connectivity index (χ2v) is 10.6. The average Bonchev–Trinajstić information content (AvgIpc) is 3.66. The minimum Gasteiger partial charge on any atom is -0.496 e. The van der Waals surface area contributed by atoms with Crippen molar-refractivity contribution in [1.82, 2.24) is 15.2 Å². The van der Waals surface area contributed by atoms with Gasteiger partial charge in [0.1, 0.15) is 23.3 Å². The fourth-order valence-corrected chi connectivity index (χ4v) is 6.65. The number of benzene rings is 1. The number of likely N-dealkylation sites (tertiary alicyclic amines) is 1. The second kappa shape index (κ2) is 10.2. The molecule has 1 aromatic heterocycles. The van der Waals surface area contributed by atoms with Gasteiger partial charge in [-0.2, -0.15) is 0 Å². The Morgan fingerprint density at radius 2 is 2.06 bits per heavy atom. The Morgan fingerprint density at radius 1 is 1.22 bits per heavy atom. The quantitative estimate of drug-likeness (QED) is 0.525. The van der Waals surface area contributed by atoms with Crippen molar-refractivity contribution in [3.8, 4) is 5.75 Å². The van der Waals surface area contributed by atoms with Crippen molar-refractivity contribution in [2.24, 2.45) is 17.8 Å². The first kappa shape index (κ1) is 24.8. The highest BCUT2D eigenvalue weighted by atomic mass is 35.5. The van der Waals surface area contributed by atoms with Gasteiger partial charge in [0.05, 0.1) is 19.0 Å². The molecule has 1 aliphatic heterocycles. The number of rotatable bonds is 8. The largest absolute Gasteiger partial charge is 0.496 e. The highest BCUT2D eigenvalue weighted by Crippen LogP contribution is 2.43. The average molecular weight is 514 g/mol. The summed E-state index contributed by atoms with van der Waals surface area (Å²) in [5, 5.41) is 3.71. The highest BCUT2D eigenvalue weighted by Gasteiger charge is 2.50. The van der Waals surface area contributed by atoms with Crippen LogP contribution in [-0.4, -0.2) is 64.9 Å². The van der Waals surface area contributed by atoms with Crippen LogP contribution in [-0.2, 0) is 14.4 Å². The Bertz CT molecular complexity index is 1190. The molecular formula is C27H32ClN3O5. The van der Waals surface area contributed by atoms with Crippen molar-refractivity contribution in [3.63, 3.8) is 0 Å². The first-order valence-electron chi connectivity index (χ1n) is 12.8. The van der Waals surface area contributed by atoms with Crippen LogP contribution < -0.4 is 10.1 Å². The maximum Gasteiger partial charge on any atom is 0.271 e. The molecule has 3 fully saturated rings. The Morgan fingerprint density at radius 3 is 2.78 bits per heavy atom. The zero-order valence-electron chi connectivity index (χ0n) is 20.4. The molecule has 3 aliphatic rings. The van der Waals surface area contributed by atoms with Crippen LogP contribution >= 0.6 is 11.6 Å². The minimum absolute atomic E-state index is 0.0488. The van der Waals surface area contributed by atoms with Gasteiger partial charge in [0.2, 0.25) is 5.91 Å². The number of ketones is 2. The van der Waals surface area contributed by atoms with Gasteiger partial charge >= 0.3 is 0 Å². The molecule has 2 aliphatic carbocycles. The molecule has 5 rings (SSSR count). The Balaban J connectivity index is 1.39. The summed E-state index contributed by atoms with van der Waals surface area (Å²) in [5.41, 5.74) is 1.18. The number of H-pyrrole nitrogens is 1. The number of hydrogen-bond donors (Lipinski definition) is 2. The Labute approximate surface area is 215 Å². The summed E-state index contributed by atoms with van der Waals surface area (Å²) < 4.78 is 5.43. The first-order valence-corrected chi connectivity index (χ1v) is 13.3. The number of methoxy groups -OCH3 is 1. The fourth-order valence-electron chi connectivity index (χ4n) is 6.47. The SMILES string of the molecule is COc1cccc2[nH]c(C(=O)N3C[C@@H]4CCC[C@@H]4[C@H]3C(=O)N[C@@H](C[C@@H]3CCCC3=O)C(=O)CCl)cc12. The van der Waals surface area contributed by atoms with Crippen molar-refractivity contribution >= 4 is 45.9 Å². The maximum atomic E-state index is 13.7. The van der Waals surface area contributed by atoms with Gasteiger partial charge in [-0.25, -0.2) is 0 Å². The third-order valence-electron chi connectivity index (χ3n) is 8.28. The van der Waals surface area contributed by atoms with Crippen LogP contribution in [0, 0.1) is 17.8 Å². The summed E-state index contributed by atoms with van der Waals surface area (Å²) in [4.78, 5) is 57.1. The van der Waals surface area contributed by atoms with Gasteiger partial charge < -0.3 is 19.9 Å². The van der Waals surface area contributed by atoms with Crippen LogP contribution in [0.5, 0.6) is 5.75 Å². The van der Waals surface area contributed by atoms with Gasteiger partial charge in [0.15, 0.2) is 5.78 Å². The third-order valence-corrected chi connectivity index (χ3v) is 8.55. The number of halogens is 1. The first-order chi connectivity index (χ1) is 17.4. The van der Waals surface area contributed by atoms with Crippen LogP contribution in [0.2, 0.25) is 0 Å². The lowest BCUT2D eigenvalue weighted by molar-refractivity contribution is -0.131. The van der Waals surface area contributed by atoms with E-state index in [2.05, 4.69) is 10.3 Å². The van der Waals surface area contributed by atoms with Crippen LogP contribution in [0.15, 0.2) is 24.3 Å². The molecule has 2 N–H and O–H groups in total. The number of carbonyl (C=O) groups is 4. The van der Waals surface area contributed by atoms with Crippen LogP contribution in [0.1, 0.15) is 55.4 Å². The van der Waals surface area contributed by atoms with Gasteiger partial charge in [-0.1, -0.05) is 12.5 Å². The van der Waals surface area contributed by atoms with Gasteiger partial charge in [0.25, 0.3) is 5.91 Å². The number of fused-ring (bicyclic) bond motifs is 2. The number of amides is 2. The molecular weight excluding hydrogens is 482 g/mol. The summed E-state index contributed by atoms with van der Waals surface area (Å²) in [6.45, 7) is 0.503. The third kappa shape index (κ3) is 4.51. The van der Waals surface area contributed by atoms with Gasteiger partial charge in [0, 0.05) is 29.8 Å². The summed E-state index contributed by atoms with van der Waals surface area (Å²) in [6.07, 6.45) is 5.18.